The predicted molar refractivity (Wildman–Crippen MR) is 183 cm³/mol. The third-order valence-electron chi connectivity index (χ3n) is 12.5. The maximum Gasteiger partial charge on any atom is 0.338 e. The number of carbonyl (C=O) groups excluding carboxylic acids is 5. The maximum atomic E-state index is 14.2. The van der Waals surface area contributed by atoms with E-state index < -0.39 is 88.4 Å². The highest BCUT2D eigenvalue weighted by Gasteiger charge is 2.77. The summed E-state index contributed by atoms with van der Waals surface area (Å²) < 4.78 is 42.5. The van der Waals surface area contributed by atoms with Crippen molar-refractivity contribution in [3.05, 3.63) is 71.2 Å². The first kappa shape index (κ1) is 37.3. The van der Waals surface area contributed by atoms with E-state index in [4.69, 9.17) is 32.8 Å². The van der Waals surface area contributed by atoms with Gasteiger partial charge in [-0.25, -0.2) is 4.79 Å². The van der Waals surface area contributed by atoms with Crippen LogP contribution in [-0.2, 0) is 47.6 Å². The summed E-state index contributed by atoms with van der Waals surface area (Å²) >= 11 is 0. The normalized spacial score (nSPS) is 36.4. The van der Waals surface area contributed by atoms with Gasteiger partial charge >= 0.3 is 29.8 Å². The molecule has 6 rings (SSSR count). The Kier molecular flexibility index (Phi) is 9.93. The second-order valence-corrected chi connectivity index (χ2v) is 15.4. The Balaban J connectivity index is 1.65. The molecule has 12 nitrogen and oxygen atoms in total. The Labute approximate surface area is 303 Å². The lowest BCUT2D eigenvalue weighted by molar-refractivity contribution is -0.256. The molecule has 0 N–H and O–H groups in total. The van der Waals surface area contributed by atoms with Crippen LogP contribution in [0, 0.1) is 28.1 Å². The van der Waals surface area contributed by atoms with Gasteiger partial charge in [-0.15, -0.1) is 0 Å². The first-order chi connectivity index (χ1) is 24.6. The largest absolute Gasteiger partial charge is 0.472 e. The maximum absolute atomic E-state index is 14.2. The first-order valence-corrected chi connectivity index (χ1v) is 17.8. The molecule has 11 unspecified atom stereocenters. The average molecular weight is 721 g/mol. The molecule has 0 bridgehead atoms. The fourth-order valence-corrected chi connectivity index (χ4v) is 10.6. The van der Waals surface area contributed by atoms with Gasteiger partial charge in [0.1, 0.15) is 24.4 Å². The number of furan rings is 1. The van der Waals surface area contributed by atoms with Gasteiger partial charge in [-0.3, -0.25) is 19.2 Å². The second-order valence-electron chi connectivity index (χ2n) is 15.4. The molecular weight excluding hydrogens is 672 g/mol. The molecule has 4 aliphatic rings. The van der Waals surface area contributed by atoms with Crippen molar-refractivity contribution in [2.24, 2.45) is 28.1 Å². The second kappa shape index (κ2) is 13.8. The molecule has 2 heterocycles. The lowest BCUT2D eigenvalue weighted by Crippen LogP contribution is -2.72. The Morgan fingerprint density at radius 3 is 2.10 bits per heavy atom. The molecule has 0 spiro atoms. The van der Waals surface area contributed by atoms with Crippen LogP contribution in [0.5, 0.6) is 0 Å². The third kappa shape index (κ3) is 6.02. The van der Waals surface area contributed by atoms with Gasteiger partial charge in [0, 0.05) is 61.7 Å². The third-order valence-corrected chi connectivity index (χ3v) is 12.5. The van der Waals surface area contributed by atoms with E-state index in [1.54, 1.807) is 42.9 Å². The summed E-state index contributed by atoms with van der Waals surface area (Å²) in [5.74, 6) is -4.22. The molecule has 3 fully saturated rings. The molecule has 1 aromatic carbocycles. The van der Waals surface area contributed by atoms with Crippen molar-refractivity contribution in [1.82, 2.24) is 0 Å². The van der Waals surface area contributed by atoms with Crippen LogP contribution in [0.3, 0.4) is 0 Å². The van der Waals surface area contributed by atoms with Crippen molar-refractivity contribution < 1.29 is 56.8 Å². The van der Waals surface area contributed by atoms with Crippen molar-refractivity contribution in [2.75, 3.05) is 13.7 Å². The van der Waals surface area contributed by atoms with Gasteiger partial charge in [0.05, 0.1) is 37.9 Å². The summed E-state index contributed by atoms with van der Waals surface area (Å²) in [7, 11) is 1.31. The minimum atomic E-state index is -1.28. The molecular formula is C40H48O12. The van der Waals surface area contributed by atoms with E-state index >= 15 is 0 Å². The van der Waals surface area contributed by atoms with E-state index in [0.29, 0.717) is 17.6 Å². The van der Waals surface area contributed by atoms with Crippen molar-refractivity contribution in [2.45, 2.75) is 104 Å². The Morgan fingerprint density at radius 2 is 1.50 bits per heavy atom. The smallest absolute Gasteiger partial charge is 0.338 e. The van der Waals surface area contributed by atoms with Crippen LogP contribution in [0.4, 0.5) is 0 Å². The Hall–Kier alpha value is -4.45. The molecule has 280 valence electrons. The quantitative estimate of drug-likeness (QED) is 0.176. The number of ether oxygens (including phenoxy) is 6. The van der Waals surface area contributed by atoms with Crippen LogP contribution in [0.1, 0.15) is 89.6 Å². The van der Waals surface area contributed by atoms with E-state index in [1.807, 2.05) is 33.8 Å². The summed E-state index contributed by atoms with van der Waals surface area (Å²) in [5, 5.41) is 0. The fourth-order valence-electron chi connectivity index (χ4n) is 10.6. The minimum Gasteiger partial charge on any atom is -0.472 e. The SMILES string of the molecule is COC(=O)CC1C(C)(C2=C(C)C(c3ccoc3)CC2OC(C)=O)C(OC(=O)c2ccccc2)C2OCC3(C)C(OC(C)=O)CC(OC(C)=O)C1(C)C23. The molecule has 1 aliphatic heterocycles. The number of methoxy groups -OCH3 is 1. The van der Waals surface area contributed by atoms with Crippen LogP contribution < -0.4 is 0 Å². The van der Waals surface area contributed by atoms with Crippen LogP contribution in [0.15, 0.2) is 64.5 Å². The molecule has 2 saturated carbocycles. The zero-order valence-corrected chi connectivity index (χ0v) is 31.0. The van der Waals surface area contributed by atoms with E-state index in [0.717, 1.165) is 11.1 Å². The number of hydrogen-bond donors (Lipinski definition) is 0. The lowest BCUT2D eigenvalue weighted by Gasteiger charge is -2.66. The summed E-state index contributed by atoms with van der Waals surface area (Å²) in [6.07, 6.45) is -0.670. The topological polar surface area (TPSA) is 154 Å². The summed E-state index contributed by atoms with van der Waals surface area (Å²) in [5.41, 5.74) is -0.441. The van der Waals surface area contributed by atoms with Gasteiger partial charge in [-0.1, -0.05) is 44.5 Å². The number of esters is 5. The van der Waals surface area contributed by atoms with Crippen LogP contribution in [0.25, 0.3) is 0 Å². The molecule has 2 aromatic rings. The van der Waals surface area contributed by atoms with E-state index in [2.05, 4.69) is 0 Å². The monoisotopic (exact) mass is 720 g/mol. The fraction of sp³-hybridized carbons (Fsp3) is 0.575. The van der Waals surface area contributed by atoms with Gasteiger partial charge in [0.2, 0.25) is 0 Å². The number of hydrogen-bond acceptors (Lipinski definition) is 12. The van der Waals surface area contributed by atoms with Crippen molar-refractivity contribution in [1.29, 1.82) is 0 Å². The number of rotatable bonds is 9. The zero-order chi connectivity index (χ0) is 37.7. The van der Waals surface area contributed by atoms with E-state index in [-0.39, 0.29) is 25.4 Å². The predicted octanol–water partition coefficient (Wildman–Crippen LogP) is 5.73. The highest BCUT2D eigenvalue weighted by Crippen LogP contribution is 2.72. The molecule has 11 atom stereocenters. The molecule has 12 heteroatoms. The summed E-state index contributed by atoms with van der Waals surface area (Å²) in [6.45, 7) is 12.0. The van der Waals surface area contributed by atoms with Crippen molar-refractivity contribution in [3.63, 3.8) is 0 Å². The highest BCUT2D eigenvalue weighted by atomic mass is 16.6. The Bertz CT molecular complexity index is 1750. The number of allylic oxidation sites excluding steroid dienone is 1. The molecule has 0 radical (unpaired) electrons. The van der Waals surface area contributed by atoms with Gasteiger partial charge in [0.25, 0.3) is 0 Å². The minimum absolute atomic E-state index is 0.131. The van der Waals surface area contributed by atoms with E-state index in [9.17, 15) is 24.0 Å². The van der Waals surface area contributed by atoms with Crippen LogP contribution in [-0.4, -0.2) is 74.1 Å². The average Bonchev–Trinajstić information content (AvgIpc) is 3.82. The first-order valence-electron chi connectivity index (χ1n) is 17.8. The zero-order valence-electron chi connectivity index (χ0n) is 31.0. The van der Waals surface area contributed by atoms with E-state index in [1.165, 1.54) is 27.9 Å². The Morgan fingerprint density at radius 1 is 0.846 bits per heavy atom. The molecule has 1 aromatic heterocycles. The van der Waals surface area contributed by atoms with Crippen LogP contribution >= 0.6 is 0 Å². The van der Waals surface area contributed by atoms with Crippen molar-refractivity contribution >= 4 is 29.8 Å². The van der Waals surface area contributed by atoms with Gasteiger partial charge in [-0.2, -0.15) is 0 Å². The molecule has 52 heavy (non-hydrogen) atoms. The molecule has 0 amide bonds. The summed E-state index contributed by atoms with van der Waals surface area (Å²) in [4.78, 5) is 66.1. The number of benzene rings is 1. The van der Waals surface area contributed by atoms with Crippen LogP contribution in [0.2, 0.25) is 0 Å². The molecule has 3 aliphatic carbocycles. The lowest BCUT2D eigenvalue weighted by atomic mass is 9.39. The number of carbonyl (C=O) groups is 5. The van der Waals surface area contributed by atoms with Gasteiger partial charge in [0.15, 0.2) is 0 Å². The van der Waals surface area contributed by atoms with Crippen molar-refractivity contribution in [3.8, 4) is 0 Å². The standard InChI is InChI=1S/C40H48O12/c1-21-27(26-14-15-47-19-26)16-28(49-22(2)41)33(21)40(7)29(17-32(44)46-8)39(6)31(51-24(4)43)18-30(50-23(3)42)38(5)20-48-34(35(38)39)36(40)52-37(45)25-12-10-9-11-13-25/h9-15,19,27-31,34-36H,16-18,20H2,1-8H3. The summed E-state index contributed by atoms with van der Waals surface area (Å²) in [6, 6.07) is 10.4. The van der Waals surface area contributed by atoms with Gasteiger partial charge < -0.3 is 32.8 Å². The highest BCUT2D eigenvalue weighted by molar-refractivity contribution is 5.89. The van der Waals surface area contributed by atoms with Gasteiger partial charge in [-0.05, 0) is 48.6 Å². The molecule has 1 saturated heterocycles.